The molecule has 0 aliphatic rings. The van der Waals surface area contributed by atoms with E-state index in [0.29, 0.717) is 11.4 Å². The summed E-state index contributed by atoms with van der Waals surface area (Å²) >= 11 is 0. The van der Waals surface area contributed by atoms with Gasteiger partial charge in [0, 0.05) is 38.2 Å². The molecule has 25 heavy (non-hydrogen) atoms. The zero-order chi connectivity index (χ0) is 18.2. The number of pyridine rings is 1. The van der Waals surface area contributed by atoms with Crippen LogP contribution in [0.5, 0.6) is 5.75 Å². The molecule has 1 atom stereocenters. The number of nitrogens with one attached hydrogen (secondary N) is 2. The monoisotopic (exact) mass is 342 g/mol. The number of hydrogen-bond acceptors (Lipinski definition) is 4. The molecule has 7 nitrogen and oxygen atoms in total. The van der Waals surface area contributed by atoms with E-state index in [9.17, 15) is 9.59 Å². The molecule has 0 saturated carbocycles. The Bertz CT molecular complexity index is 719. The molecule has 0 fully saturated rings. The average Bonchev–Trinajstić information content (AvgIpc) is 2.60. The molecular formula is C18H22N4O3. The van der Waals surface area contributed by atoms with Crippen molar-refractivity contribution in [3.8, 4) is 5.75 Å². The Morgan fingerprint density at radius 3 is 2.72 bits per heavy atom. The summed E-state index contributed by atoms with van der Waals surface area (Å²) in [5.41, 5.74) is 1.49. The fraction of sp³-hybridized carbons (Fsp3) is 0.278. The number of ether oxygens (including phenoxy) is 1. The number of nitrogens with zero attached hydrogens (tertiary/aromatic N) is 2. The van der Waals surface area contributed by atoms with E-state index in [-0.39, 0.29) is 24.6 Å². The molecule has 0 spiro atoms. The normalized spacial score (nSPS) is 11.3. The van der Waals surface area contributed by atoms with Crippen LogP contribution in [0.4, 0.5) is 10.5 Å². The van der Waals surface area contributed by atoms with Crippen molar-refractivity contribution in [2.24, 2.45) is 0 Å². The van der Waals surface area contributed by atoms with Crippen LogP contribution in [-0.2, 0) is 4.79 Å². The number of amides is 3. The minimum Gasteiger partial charge on any atom is -0.484 e. The summed E-state index contributed by atoms with van der Waals surface area (Å²) in [5.74, 6) is 0.370. The third kappa shape index (κ3) is 5.80. The average molecular weight is 342 g/mol. The Morgan fingerprint density at radius 2 is 2.04 bits per heavy atom. The van der Waals surface area contributed by atoms with Gasteiger partial charge >= 0.3 is 6.03 Å². The molecule has 7 heteroatoms. The molecule has 0 bridgehead atoms. The first kappa shape index (κ1) is 18.3. The van der Waals surface area contributed by atoms with Gasteiger partial charge in [0.05, 0.1) is 6.04 Å². The maximum atomic E-state index is 12.1. The highest BCUT2D eigenvalue weighted by atomic mass is 16.5. The highest BCUT2D eigenvalue weighted by molar-refractivity contribution is 5.89. The highest BCUT2D eigenvalue weighted by Gasteiger charge is 2.10. The van der Waals surface area contributed by atoms with E-state index in [2.05, 4.69) is 15.6 Å². The Balaban J connectivity index is 1.90. The fourth-order valence-electron chi connectivity index (χ4n) is 2.02. The zero-order valence-corrected chi connectivity index (χ0v) is 14.5. The number of urea groups is 1. The summed E-state index contributed by atoms with van der Waals surface area (Å²) in [6, 6.07) is 10.1. The number of hydrogen-bond donors (Lipinski definition) is 2. The lowest BCUT2D eigenvalue weighted by atomic mass is 10.1. The number of carbonyl (C=O) groups is 2. The van der Waals surface area contributed by atoms with Gasteiger partial charge in [-0.15, -0.1) is 0 Å². The van der Waals surface area contributed by atoms with Crippen LogP contribution in [0.1, 0.15) is 18.5 Å². The maximum absolute atomic E-state index is 12.1. The summed E-state index contributed by atoms with van der Waals surface area (Å²) in [7, 11) is 3.33. The molecule has 2 rings (SSSR count). The van der Waals surface area contributed by atoms with Crippen LogP contribution >= 0.6 is 0 Å². The van der Waals surface area contributed by atoms with Crippen LogP contribution in [0.3, 0.4) is 0 Å². The third-order valence-corrected chi connectivity index (χ3v) is 3.49. The number of likely N-dealkylation sites (N-methyl/N-ethyl adjacent to an activating group) is 1. The van der Waals surface area contributed by atoms with Crippen LogP contribution < -0.4 is 15.4 Å². The third-order valence-electron chi connectivity index (χ3n) is 3.49. The number of rotatable bonds is 6. The zero-order valence-electron chi connectivity index (χ0n) is 14.5. The second kappa shape index (κ2) is 8.68. The summed E-state index contributed by atoms with van der Waals surface area (Å²) in [5, 5.41) is 5.59. The first-order valence-electron chi connectivity index (χ1n) is 7.86. The standard InChI is InChI=1S/C18H22N4O3/c1-13(14-6-5-9-19-11-14)20-18(24)21-15-7-4-8-16(10-15)25-12-17(23)22(2)3/h4-11,13H,12H2,1-3H3,(H2,20,21,24)/t13-/m1/s1. The van der Waals surface area contributed by atoms with Crippen molar-refractivity contribution in [1.29, 1.82) is 0 Å². The molecule has 0 aliphatic heterocycles. The molecule has 1 heterocycles. The second-order valence-corrected chi connectivity index (χ2v) is 5.71. The van der Waals surface area contributed by atoms with E-state index in [4.69, 9.17) is 4.74 Å². The Hall–Kier alpha value is -3.09. The van der Waals surface area contributed by atoms with Crippen molar-refractivity contribution in [1.82, 2.24) is 15.2 Å². The van der Waals surface area contributed by atoms with Gasteiger partial charge in [-0.3, -0.25) is 9.78 Å². The Kier molecular flexibility index (Phi) is 6.33. The van der Waals surface area contributed by atoms with Gasteiger partial charge in [-0.25, -0.2) is 4.79 Å². The van der Waals surface area contributed by atoms with Crippen molar-refractivity contribution < 1.29 is 14.3 Å². The van der Waals surface area contributed by atoms with Gasteiger partial charge in [-0.05, 0) is 30.7 Å². The molecular weight excluding hydrogens is 320 g/mol. The minimum atomic E-state index is -0.335. The van der Waals surface area contributed by atoms with Crippen molar-refractivity contribution in [2.45, 2.75) is 13.0 Å². The van der Waals surface area contributed by atoms with Crippen molar-refractivity contribution >= 4 is 17.6 Å². The van der Waals surface area contributed by atoms with Gasteiger partial charge in [0.15, 0.2) is 6.61 Å². The van der Waals surface area contributed by atoms with E-state index in [1.807, 2.05) is 19.1 Å². The lowest BCUT2D eigenvalue weighted by Gasteiger charge is -2.15. The number of anilines is 1. The van der Waals surface area contributed by atoms with Crippen LogP contribution in [0.25, 0.3) is 0 Å². The first-order chi connectivity index (χ1) is 12.0. The molecule has 1 aromatic carbocycles. The van der Waals surface area contributed by atoms with Gasteiger partial charge in [0.25, 0.3) is 5.91 Å². The fourth-order valence-corrected chi connectivity index (χ4v) is 2.02. The lowest BCUT2D eigenvalue weighted by molar-refractivity contribution is -0.130. The largest absolute Gasteiger partial charge is 0.484 e. The molecule has 0 saturated heterocycles. The van der Waals surface area contributed by atoms with E-state index < -0.39 is 0 Å². The highest BCUT2D eigenvalue weighted by Crippen LogP contribution is 2.18. The molecule has 132 valence electrons. The summed E-state index contributed by atoms with van der Waals surface area (Å²) < 4.78 is 5.43. The SMILES string of the molecule is C[C@@H](NC(=O)Nc1cccc(OCC(=O)N(C)C)c1)c1cccnc1. The first-order valence-corrected chi connectivity index (χ1v) is 7.86. The van der Waals surface area contributed by atoms with Crippen LogP contribution in [0.2, 0.25) is 0 Å². The van der Waals surface area contributed by atoms with Crippen molar-refractivity contribution in [2.75, 3.05) is 26.0 Å². The molecule has 0 aliphatic carbocycles. The molecule has 2 aromatic rings. The maximum Gasteiger partial charge on any atom is 0.319 e. The summed E-state index contributed by atoms with van der Waals surface area (Å²) in [4.78, 5) is 29.2. The quantitative estimate of drug-likeness (QED) is 0.844. The molecule has 3 amide bonds. The molecule has 0 radical (unpaired) electrons. The number of carbonyl (C=O) groups excluding carboxylic acids is 2. The van der Waals surface area contributed by atoms with E-state index in [1.54, 1.807) is 50.8 Å². The Labute approximate surface area is 147 Å². The molecule has 2 N–H and O–H groups in total. The second-order valence-electron chi connectivity index (χ2n) is 5.71. The number of benzene rings is 1. The van der Waals surface area contributed by atoms with Gasteiger partial charge in [0.2, 0.25) is 0 Å². The Morgan fingerprint density at radius 1 is 1.24 bits per heavy atom. The van der Waals surface area contributed by atoms with Crippen LogP contribution in [-0.4, -0.2) is 42.5 Å². The van der Waals surface area contributed by atoms with Gasteiger partial charge in [-0.1, -0.05) is 12.1 Å². The van der Waals surface area contributed by atoms with Gasteiger partial charge in [0.1, 0.15) is 5.75 Å². The van der Waals surface area contributed by atoms with Gasteiger partial charge < -0.3 is 20.3 Å². The van der Waals surface area contributed by atoms with E-state index in [0.717, 1.165) is 5.56 Å². The predicted molar refractivity (Wildman–Crippen MR) is 95.4 cm³/mol. The number of aromatic nitrogens is 1. The predicted octanol–water partition coefficient (Wildman–Crippen LogP) is 2.43. The van der Waals surface area contributed by atoms with Crippen LogP contribution in [0.15, 0.2) is 48.8 Å². The topological polar surface area (TPSA) is 83.6 Å². The van der Waals surface area contributed by atoms with E-state index >= 15 is 0 Å². The lowest BCUT2D eigenvalue weighted by Crippen LogP contribution is -2.31. The smallest absolute Gasteiger partial charge is 0.319 e. The van der Waals surface area contributed by atoms with Crippen LogP contribution in [0, 0.1) is 0 Å². The van der Waals surface area contributed by atoms with E-state index in [1.165, 1.54) is 4.90 Å². The summed E-state index contributed by atoms with van der Waals surface area (Å²) in [6.07, 6.45) is 3.39. The molecule has 1 aromatic heterocycles. The minimum absolute atomic E-state index is 0.0549. The molecule has 0 unspecified atom stereocenters. The summed E-state index contributed by atoms with van der Waals surface area (Å²) in [6.45, 7) is 1.82. The van der Waals surface area contributed by atoms with Crippen molar-refractivity contribution in [3.63, 3.8) is 0 Å². The van der Waals surface area contributed by atoms with Gasteiger partial charge in [-0.2, -0.15) is 0 Å². The van der Waals surface area contributed by atoms with Crippen molar-refractivity contribution in [3.05, 3.63) is 54.4 Å².